The van der Waals surface area contributed by atoms with Crippen molar-refractivity contribution in [2.45, 2.75) is 43.1 Å². The fourth-order valence-corrected chi connectivity index (χ4v) is 4.75. The summed E-state index contributed by atoms with van der Waals surface area (Å²) in [6.45, 7) is 9.34. The van der Waals surface area contributed by atoms with Gasteiger partial charge in [-0.25, -0.2) is 9.97 Å². The molecule has 2 saturated heterocycles. The first-order chi connectivity index (χ1) is 14.9. The lowest BCUT2D eigenvalue weighted by Gasteiger charge is -2.45. The number of fused-ring (bicyclic) bond motifs is 3. The Morgan fingerprint density at radius 3 is 2.61 bits per heavy atom. The summed E-state index contributed by atoms with van der Waals surface area (Å²) in [5, 5.41) is 13.0. The molecule has 1 aromatic carbocycles. The van der Waals surface area contributed by atoms with Gasteiger partial charge in [0.05, 0.1) is 42.2 Å². The highest BCUT2D eigenvalue weighted by atomic mass is 32.2. The normalized spacial score (nSPS) is 27.3. The Morgan fingerprint density at radius 2 is 1.97 bits per heavy atom. The van der Waals surface area contributed by atoms with Crippen molar-refractivity contribution >= 4 is 17.6 Å². The maximum atomic E-state index is 9.70. The van der Waals surface area contributed by atoms with Crippen molar-refractivity contribution in [1.82, 2.24) is 15.3 Å². The minimum Gasteiger partial charge on any atom is -0.486 e. The number of ether oxygens (including phenoxy) is 2. The van der Waals surface area contributed by atoms with Gasteiger partial charge in [0.1, 0.15) is 12.3 Å². The lowest BCUT2D eigenvalue weighted by molar-refractivity contribution is 0.0482. The first kappa shape index (κ1) is 21.0. The van der Waals surface area contributed by atoms with E-state index in [0.717, 1.165) is 34.9 Å². The van der Waals surface area contributed by atoms with E-state index in [1.807, 2.05) is 12.1 Å². The van der Waals surface area contributed by atoms with Crippen LogP contribution in [0, 0.1) is 0 Å². The van der Waals surface area contributed by atoms with E-state index in [1.54, 1.807) is 11.8 Å². The highest BCUT2D eigenvalue weighted by molar-refractivity contribution is 7.99. The number of hydrogen-bond donors (Lipinski definition) is 2. The van der Waals surface area contributed by atoms with Crippen LogP contribution < -0.4 is 15.0 Å². The molecule has 3 aliphatic heterocycles. The molecular weight excluding hydrogens is 412 g/mol. The summed E-state index contributed by atoms with van der Waals surface area (Å²) in [7, 11) is 0. The minimum atomic E-state index is -0.286. The second kappa shape index (κ2) is 7.62. The third kappa shape index (κ3) is 3.50. The highest BCUT2D eigenvalue weighted by Crippen LogP contribution is 2.46. The van der Waals surface area contributed by atoms with Gasteiger partial charge in [-0.2, -0.15) is 11.8 Å². The maximum absolute atomic E-state index is 9.70. The molecule has 0 bridgehead atoms. The number of hydrogen-bond acceptors (Lipinski definition) is 8. The van der Waals surface area contributed by atoms with Gasteiger partial charge in [0.25, 0.3) is 0 Å². The van der Waals surface area contributed by atoms with E-state index in [9.17, 15) is 5.11 Å². The molecule has 2 unspecified atom stereocenters. The molecule has 3 aliphatic rings. The quantitative estimate of drug-likeness (QED) is 0.683. The van der Waals surface area contributed by atoms with Crippen molar-refractivity contribution in [2.75, 3.05) is 44.1 Å². The van der Waals surface area contributed by atoms with Crippen LogP contribution in [0.2, 0.25) is 0 Å². The van der Waals surface area contributed by atoms with Crippen LogP contribution in [0.4, 0.5) is 5.82 Å². The lowest BCUT2D eigenvalue weighted by atomic mass is 9.98. The van der Waals surface area contributed by atoms with Gasteiger partial charge in [0.15, 0.2) is 17.4 Å². The molecule has 5 rings (SSSR count). The van der Waals surface area contributed by atoms with Gasteiger partial charge in [-0.3, -0.25) is 0 Å². The summed E-state index contributed by atoms with van der Waals surface area (Å²) in [6, 6.07) is 8.61. The molecule has 0 radical (unpaired) electrons. The van der Waals surface area contributed by atoms with Crippen LogP contribution in [0.25, 0.3) is 11.4 Å². The fourth-order valence-electron chi connectivity index (χ4n) is 4.42. The standard InChI is InChI=1S/C23H30N4O3S/c1-14-9-29-10-17-11-30-18-19(22(2,3)31-4)25-20(26-21(18)27(14)17)15-5-7-16(8-6-15)23(13-28)12-24-23/h5-8,14,17,24,28H,9-13H2,1-4H3/t14-,17?,23?/m1/s1. The lowest BCUT2D eigenvalue weighted by Crippen LogP contribution is -2.56. The number of aromatic nitrogens is 2. The van der Waals surface area contributed by atoms with Gasteiger partial charge >= 0.3 is 0 Å². The number of nitrogens with zero attached hydrogens (tertiary/aromatic N) is 3. The van der Waals surface area contributed by atoms with Crippen LogP contribution in [0.1, 0.15) is 32.0 Å². The monoisotopic (exact) mass is 442 g/mol. The fraction of sp³-hybridized carbons (Fsp3) is 0.565. The average Bonchev–Trinajstić information content (AvgIpc) is 3.59. The molecular formula is C23H30N4O3S. The van der Waals surface area contributed by atoms with E-state index in [1.165, 1.54) is 0 Å². The number of aliphatic hydroxyl groups is 1. The zero-order valence-electron chi connectivity index (χ0n) is 18.5. The van der Waals surface area contributed by atoms with Gasteiger partial charge in [-0.15, -0.1) is 0 Å². The van der Waals surface area contributed by atoms with Crippen molar-refractivity contribution in [3.05, 3.63) is 35.5 Å². The van der Waals surface area contributed by atoms with Gasteiger partial charge in [0, 0.05) is 12.1 Å². The third-order valence-corrected chi connectivity index (χ3v) is 7.91. The van der Waals surface area contributed by atoms with Crippen molar-refractivity contribution in [2.24, 2.45) is 0 Å². The van der Waals surface area contributed by atoms with E-state index in [0.29, 0.717) is 25.6 Å². The summed E-state index contributed by atoms with van der Waals surface area (Å²) in [5.74, 6) is 2.37. The SMILES string of the molecule is CSC(C)(C)c1nc(-c2ccc(C3(CO)CN3)cc2)nc2c1OCC1COC[C@@H](C)N21. The van der Waals surface area contributed by atoms with Crippen LogP contribution in [-0.4, -0.2) is 66.4 Å². The van der Waals surface area contributed by atoms with Crippen LogP contribution in [0.15, 0.2) is 24.3 Å². The molecule has 0 aliphatic carbocycles. The average molecular weight is 443 g/mol. The Balaban J connectivity index is 1.61. The van der Waals surface area contributed by atoms with E-state index in [4.69, 9.17) is 19.4 Å². The van der Waals surface area contributed by atoms with Gasteiger partial charge in [0.2, 0.25) is 0 Å². The molecule has 3 atom stereocenters. The largest absolute Gasteiger partial charge is 0.486 e. The van der Waals surface area contributed by atoms with Crippen LogP contribution in [0.5, 0.6) is 5.75 Å². The van der Waals surface area contributed by atoms with Crippen molar-refractivity contribution < 1.29 is 14.6 Å². The van der Waals surface area contributed by atoms with Gasteiger partial charge < -0.3 is 24.8 Å². The maximum Gasteiger partial charge on any atom is 0.184 e. The number of aliphatic hydroxyl groups excluding tert-OH is 1. The number of rotatable bonds is 5. The van der Waals surface area contributed by atoms with Crippen molar-refractivity contribution in [3.8, 4) is 17.1 Å². The first-order valence-electron chi connectivity index (χ1n) is 10.8. The predicted molar refractivity (Wildman–Crippen MR) is 123 cm³/mol. The van der Waals surface area contributed by atoms with E-state index < -0.39 is 0 Å². The summed E-state index contributed by atoms with van der Waals surface area (Å²) < 4.78 is 11.8. The summed E-state index contributed by atoms with van der Waals surface area (Å²) in [5.41, 5.74) is 2.69. The number of benzene rings is 1. The molecule has 0 saturated carbocycles. The summed E-state index contributed by atoms with van der Waals surface area (Å²) >= 11 is 1.75. The minimum absolute atomic E-state index is 0.0986. The molecule has 8 heteroatoms. The Hall–Kier alpha value is -1.87. The molecule has 4 heterocycles. The van der Waals surface area contributed by atoms with Crippen LogP contribution in [-0.2, 0) is 15.0 Å². The Kier molecular flexibility index (Phi) is 5.16. The third-order valence-electron chi connectivity index (χ3n) is 6.70. The molecule has 31 heavy (non-hydrogen) atoms. The van der Waals surface area contributed by atoms with E-state index in [2.05, 4.69) is 49.4 Å². The number of anilines is 1. The second-order valence-corrected chi connectivity index (χ2v) is 10.6. The second-order valence-electron chi connectivity index (χ2n) is 9.19. The Labute approximate surface area is 187 Å². The predicted octanol–water partition coefficient (Wildman–Crippen LogP) is 2.52. The Morgan fingerprint density at radius 1 is 1.23 bits per heavy atom. The first-order valence-corrected chi connectivity index (χ1v) is 12.0. The number of thioether (sulfide) groups is 1. The molecule has 7 nitrogen and oxygen atoms in total. The molecule has 0 spiro atoms. The molecule has 166 valence electrons. The zero-order valence-corrected chi connectivity index (χ0v) is 19.3. The van der Waals surface area contributed by atoms with Crippen LogP contribution in [0.3, 0.4) is 0 Å². The summed E-state index contributed by atoms with van der Waals surface area (Å²) in [4.78, 5) is 12.4. The van der Waals surface area contributed by atoms with Crippen molar-refractivity contribution in [1.29, 1.82) is 0 Å². The van der Waals surface area contributed by atoms with Crippen molar-refractivity contribution in [3.63, 3.8) is 0 Å². The molecule has 0 amide bonds. The zero-order chi connectivity index (χ0) is 21.8. The molecule has 1 aromatic heterocycles. The number of morpholine rings is 1. The van der Waals surface area contributed by atoms with E-state index in [-0.39, 0.29) is 29.0 Å². The smallest absolute Gasteiger partial charge is 0.184 e. The van der Waals surface area contributed by atoms with Gasteiger partial charge in [-0.05, 0) is 32.6 Å². The molecule has 2 N–H and O–H groups in total. The topological polar surface area (TPSA) is 89.7 Å². The highest BCUT2D eigenvalue weighted by Gasteiger charge is 2.43. The van der Waals surface area contributed by atoms with Crippen LogP contribution >= 0.6 is 11.8 Å². The van der Waals surface area contributed by atoms with E-state index >= 15 is 0 Å². The molecule has 2 fully saturated rings. The molecule has 2 aromatic rings. The number of nitrogens with one attached hydrogen (secondary N) is 1. The Bertz CT molecular complexity index is 978. The summed E-state index contributed by atoms with van der Waals surface area (Å²) in [6.07, 6.45) is 2.10. The van der Waals surface area contributed by atoms with Gasteiger partial charge in [-0.1, -0.05) is 24.3 Å².